The van der Waals surface area contributed by atoms with Crippen LogP contribution in [0.1, 0.15) is 33.1 Å². The molecule has 19 heavy (non-hydrogen) atoms. The van der Waals surface area contributed by atoms with Crippen molar-refractivity contribution in [2.45, 2.75) is 33.1 Å². The maximum absolute atomic E-state index is 11.5. The van der Waals surface area contributed by atoms with E-state index in [0.29, 0.717) is 25.5 Å². The standard InChI is InChI=1S/C13H22BrNO4/c1-3-7-18-12(16)9-11(15-6-5-14)10-13(17)19-8-4-2/h9,15H,3-8,10H2,1-2H3/b11-9-. The van der Waals surface area contributed by atoms with Gasteiger partial charge < -0.3 is 14.8 Å². The van der Waals surface area contributed by atoms with Gasteiger partial charge in [-0.05, 0) is 12.8 Å². The predicted molar refractivity (Wildman–Crippen MR) is 77.0 cm³/mol. The molecule has 0 aromatic carbocycles. The van der Waals surface area contributed by atoms with Gasteiger partial charge in [0.1, 0.15) is 0 Å². The number of rotatable bonds is 10. The SMILES string of the molecule is CCCOC(=O)/C=C(/CC(=O)OCCC)NCCBr. The average molecular weight is 336 g/mol. The molecule has 0 fully saturated rings. The highest BCUT2D eigenvalue weighted by Crippen LogP contribution is 2.02. The lowest BCUT2D eigenvalue weighted by atomic mass is 10.3. The molecule has 0 aromatic rings. The topological polar surface area (TPSA) is 64.6 Å². The van der Waals surface area contributed by atoms with Crippen LogP contribution in [0.2, 0.25) is 0 Å². The summed E-state index contributed by atoms with van der Waals surface area (Å²) < 4.78 is 9.93. The first-order chi connectivity index (χ1) is 9.13. The zero-order valence-corrected chi connectivity index (χ0v) is 13.1. The fourth-order valence-corrected chi connectivity index (χ4v) is 1.38. The van der Waals surface area contributed by atoms with Crippen LogP contribution in [0.25, 0.3) is 0 Å². The zero-order valence-electron chi connectivity index (χ0n) is 11.5. The molecule has 0 rings (SSSR count). The second kappa shape index (κ2) is 12.0. The molecule has 0 atom stereocenters. The van der Waals surface area contributed by atoms with Gasteiger partial charge in [-0.3, -0.25) is 4.79 Å². The van der Waals surface area contributed by atoms with Gasteiger partial charge in [0.05, 0.1) is 19.6 Å². The summed E-state index contributed by atoms with van der Waals surface area (Å²) in [6.07, 6.45) is 2.90. The van der Waals surface area contributed by atoms with Crippen LogP contribution in [-0.2, 0) is 19.1 Å². The molecule has 0 unspecified atom stereocenters. The van der Waals surface area contributed by atoms with Gasteiger partial charge in [-0.25, -0.2) is 4.79 Å². The van der Waals surface area contributed by atoms with Crippen LogP contribution in [0.4, 0.5) is 0 Å². The lowest BCUT2D eigenvalue weighted by Gasteiger charge is -2.10. The van der Waals surface area contributed by atoms with Crippen LogP contribution in [0, 0.1) is 0 Å². The summed E-state index contributed by atoms with van der Waals surface area (Å²) in [6.45, 7) is 5.23. The fraction of sp³-hybridized carbons (Fsp3) is 0.692. The summed E-state index contributed by atoms with van der Waals surface area (Å²) in [7, 11) is 0. The lowest BCUT2D eigenvalue weighted by Crippen LogP contribution is -2.21. The van der Waals surface area contributed by atoms with Crippen molar-refractivity contribution in [2.24, 2.45) is 0 Å². The van der Waals surface area contributed by atoms with E-state index in [1.165, 1.54) is 6.08 Å². The molecule has 110 valence electrons. The fourth-order valence-electron chi connectivity index (χ4n) is 1.18. The number of halogens is 1. The van der Waals surface area contributed by atoms with Crippen molar-refractivity contribution >= 4 is 27.9 Å². The summed E-state index contributed by atoms with van der Waals surface area (Å²) >= 11 is 3.27. The smallest absolute Gasteiger partial charge is 0.332 e. The Labute approximate surface area is 122 Å². The van der Waals surface area contributed by atoms with Gasteiger partial charge in [0.2, 0.25) is 0 Å². The lowest BCUT2D eigenvalue weighted by molar-refractivity contribution is -0.142. The summed E-state index contributed by atoms with van der Waals surface area (Å²) in [5, 5.41) is 3.72. The first-order valence-electron chi connectivity index (χ1n) is 6.46. The van der Waals surface area contributed by atoms with Gasteiger partial charge >= 0.3 is 11.9 Å². The molecule has 0 aromatic heterocycles. The molecule has 5 nitrogen and oxygen atoms in total. The third kappa shape index (κ3) is 10.6. The molecule has 0 aliphatic rings. The highest BCUT2D eigenvalue weighted by Gasteiger charge is 2.09. The molecule has 0 aliphatic heterocycles. The van der Waals surface area contributed by atoms with Crippen LogP contribution >= 0.6 is 15.9 Å². The second-order valence-corrected chi connectivity index (χ2v) is 4.64. The summed E-state index contributed by atoms with van der Waals surface area (Å²) in [5.74, 6) is -0.791. The minimum atomic E-state index is -0.442. The molecule has 0 bridgehead atoms. The maximum atomic E-state index is 11.5. The Hall–Kier alpha value is -1.04. The van der Waals surface area contributed by atoms with Crippen LogP contribution in [0.15, 0.2) is 11.8 Å². The Bertz CT molecular complexity index is 305. The van der Waals surface area contributed by atoms with E-state index in [-0.39, 0.29) is 12.4 Å². The number of hydrogen-bond donors (Lipinski definition) is 1. The number of alkyl halides is 1. The van der Waals surface area contributed by atoms with Crippen LogP contribution in [0.5, 0.6) is 0 Å². The highest BCUT2D eigenvalue weighted by molar-refractivity contribution is 9.09. The predicted octanol–water partition coefficient (Wildman–Crippen LogP) is 2.15. The Morgan fingerprint density at radius 3 is 2.37 bits per heavy atom. The summed E-state index contributed by atoms with van der Waals surface area (Å²) in [6, 6.07) is 0. The van der Waals surface area contributed by atoms with Gasteiger partial charge in [-0.15, -0.1) is 0 Å². The Morgan fingerprint density at radius 2 is 1.79 bits per heavy atom. The number of ether oxygens (including phenoxy) is 2. The second-order valence-electron chi connectivity index (χ2n) is 3.85. The monoisotopic (exact) mass is 335 g/mol. The molecule has 0 heterocycles. The molecule has 0 saturated carbocycles. The molecular weight excluding hydrogens is 314 g/mol. The number of carbonyl (C=O) groups is 2. The normalized spacial score (nSPS) is 11.0. The molecule has 0 saturated heterocycles. The average Bonchev–Trinajstić information content (AvgIpc) is 2.40. The summed E-state index contributed by atoms with van der Waals surface area (Å²) in [4.78, 5) is 23.0. The minimum absolute atomic E-state index is 0.0498. The third-order valence-electron chi connectivity index (χ3n) is 1.99. The van der Waals surface area contributed by atoms with E-state index >= 15 is 0 Å². The van der Waals surface area contributed by atoms with Gasteiger partial charge in [-0.1, -0.05) is 29.8 Å². The molecule has 0 aliphatic carbocycles. The van der Waals surface area contributed by atoms with Gasteiger partial charge in [0, 0.05) is 23.6 Å². The third-order valence-corrected chi connectivity index (χ3v) is 2.39. The van der Waals surface area contributed by atoms with Crippen LogP contribution in [-0.4, -0.2) is 37.0 Å². The molecule has 0 amide bonds. The molecule has 6 heteroatoms. The Morgan fingerprint density at radius 1 is 1.16 bits per heavy atom. The highest BCUT2D eigenvalue weighted by atomic mass is 79.9. The molecule has 1 N–H and O–H groups in total. The Kier molecular flexibility index (Phi) is 11.4. The first kappa shape index (κ1) is 18.0. The number of nitrogens with one attached hydrogen (secondary N) is 1. The van der Waals surface area contributed by atoms with Crippen molar-refractivity contribution in [3.63, 3.8) is 0 Å². The van der Waals surface area contributed by atoms with E-state index in [9.17, 15) is 9.59 Å². The zero-order chi connectivity index (χ0) is 14.5. The van der Waals surface area contributed by atoms with Crippen LogP contribution < -0.4 is 5.32 Å². The van der Waals surface area contributed by atoms with Gasteiger partial charge in [-0.2, -0.15) is 0 Å². The van der Waals surface area contributed by atoms with E-state index in [1.807, 2.05) is 13.8 Å². The largest absolute Gasteiger partial charge is 0.465 e. The Balaban J connectivity index is 4.38. The van der Waals surface area contributed by atoms with E-state index in [1.54, 1.807) is 0 Å². The van der Waals surface area contributed by atoms with Crippen molar-refractivity contribution in [3.05, 3.63) is 11.8 Å². The molecule has 0 radical (unpaired) electrons. The minimum Gasteiger partial charge on any atom is -0.465 e. The van der Waals surface area contributed by atoms with Crippen molar-refractivity contribution in [1.82, 2.24) is 5.32 Å². The van der Waals surface area contributed by atoms with Crippen molar-refractivity contribution in [3.8, 4) is 0 Å². The van der Waals surface area contributed by atoms with E-state index in [4.69, 9.17) is 9.47 Å². The number of carbonyl (C=O) groups excluding carboxylic acids is 2. The van der Waals surface area contributed by atoms with Gasteiger partial charge in [0.25, 0.3) is 0 Å². The van der Waals surface area contributed by atoms with Gasteiger partial charge in [0.15, 0.2) is 0 Å². The maximum Gasteiger partial charge on any atom is 0.332 e. The van der Waals surface area contributed by atoms with E-state index in [2.05, 4.69) is 21.2 Å². The summed E-state index contributed by atoms with van der Waals surface area (Å²) in [5.41, 5.74) is 0.515. The number of hydrogen-bond acceptors (Lipinski definition) is 5. The van der Waals surface area contributed by atoms with E-state index < -0.39 is 5.97 Å². The van der Waals surface area contributed by atoms with E-state index in [0.717, 1.165) is 18.2 Å². The van der Waals surface area contributed by atoms with Crippen molar-refractivity contribution < 1.29 is 19.1 Å². The van der Waals surface area contributed by atoms with Crippen molar-refractivity contribution in [1.29, 1.82) is 0 Å². The first-order valence-corrected chi connectivity index (χ1v) is 7.58. The van der Waals surface area contributed by atoms with Crippen molar-refractivity contribution in [2.75, 3.05) is 25.1 Å². The number of esters is 2. The quantitative estimate of drug-likeness (QED) is 0.376. The molecule has 0 spiro atoms. The van der Waals surface area contributed by atoms with Crippen LogP contribution in [0.3, 0.4) is 0 Å². The molecular formula is C13H22BrNO4.